The number of carboxylic acids is 1. The quantitative estimate of drug-likeness (QED) is 0.275. The lowest BCUT2D eigenvalue weighted by Crippen LogP contribution is -2.45. The summed E-state index contributed by atoms with van der Waals surface area (Å²) in [7, 11) is 0. The van der Waals surface area contributed by atoms with Crippen LogP contribution in [0, 0.1) is 10.8 Å². The maximum Gasteiger partial charge on any atom is 0.305 e. The molecule has 228 valence electrons. The maximum absolute atomic E-state index is 14.2. The maximum atomic E-state index is 14.2. The topological polar surface area (TPSA) is 83.9 Å². The monoisotopic (exact) mass is 655 g/mol. The summed E-state index contributed by atoms with van der Waals surface area (Å²) in [5.74, 6) is -0.862. The third kappa shape index (κ3) is 5.74. The van der Waals surface area contributed by atoms with E-state index in [0.717, 1.165) is 37.8 Å². The predicted molar refractivity (Wildman–Crippen MR) is 174 cm³/mol. The number of nitrogens with zero attached hydrogens (tertiary/aromatic N) is 1. The van der Waals surface area contributed by atoms with Gasteiger partial charge >= 0.3 is 5.97 Å². The van der Waals surface area contributed by atoms with Gasteiger partial charge in [-0.15, -0.1) is 0 Å². The second kappa shape index (κ2) is 11.3. The lowest BCUT2D eigenvalue weighted by Gasteiger charge is -2.49. The molecule has 0 atom stereocenters. The molecule has 0 aromatic heterocycles. The third-order valence-corrected chi connectivity index (χ3v) is 9.61. The van der Waals surface area contributed by atoms with E-state index in [1.807, 2.05) is 41.3 Å². The highest BCUT2D eigenvalue weighted by Crippen LogP contribution is 2.55. The van der Waals surface area contributed by atoms with Gasteiger partial charge in [-0.3, -0.25) is 14.4 Å². The Hall–Kier alpha value is -3.71. The number of carboxylic acid groups (broad SMARTS) is 1. The van der Waals surface area contributed by atoms with E-state index in [1.165, 1.54) is 0 Å². The van der Waals surface area contributed by atoms with Gasteiger partial charge in [-0.1, -0.05) is 86.1 Å². The third-order valence-electron chi connectivity index (χ3n) is 9.12. The lowest BCUT2D eigenvalue weighted by molar-refractivity contribution is -0.137. The average molecular weight is 657 g/mol. The number of rotatable bonds is 7. The molecule has 0 bridgehead atoms. The van der Waals surface area contributed by atoms with Crippen molar-refractivity contribution in [2.45, 2.75) is 72.3 Å². The minimum Gasteiger partial charge on any atom is -0.489 e. The van der Waals surface area contributed by atoms with E-state index in [2.05, 4.69) is 67.9 Å². The van der Waals surface area contributed by atoms with Crippen molar-refractivity contribution in [1.29, 1.82) is 0 Å². The van der Waals surface area contributed by atoms with Crippen molar-refractivity contribution in [2.24, 2.45) is 10.8 Å². The SMILES string of the molecule is CC1(C)CC(=O)C2=C(C1)N(CCC(=O)O)C1=C(C(=O)CC(C)(C)C1)C2c1cc(Br)ccc1OCc1cccc2ccccc12. The fourth-order valence-electron chi connectivity index (χ4n) is 7.29. The number of hydrogen-bond acceptors (Lipinski definition) is 5. The fraction of sp³-hybridized carbons (Fsp3) is 0.378. The number of Topliss-reactive ketones (excluding diaryl/α,β-unsaturated/α-hetero) is 2. The molecule has 0 amide bonds. The molecule has 6 nitrogen and oxygen atoms in total. The van der Waals surface area contributed by atoms with Crippen molar-refractivity contribution in [2.75, 3.05) is 6.54 Å². The number of aliphatic carboxylic acids is 1. The van der Waals surface area contributed by atoms with E-state index in [4.69, 9.17) is 4.74 Å². The van der Waals surface area contributed by atoms with Crippen molar-refractivity contribution < 1.29 is 24.2 Å². The van der Waals surface area contributed by atoms with E-state index in [1.54, 1.807) is 0 Å². The molecule has 1 N–H and O–H groups in total. The van der Waals surface area contributed by atoms with E-state index in [-0.39, 0.29) is 35.4 Å². The Kier molecular flexibility index (Phi) is 7.81. The molecule has 3 aromatic rings. The summed E-state index contributed by atoms with van der Waals surface area (Å²) in [6.07, 6.45) is 1.87. The van der Waals surface area contributed by atoms with Gasteiger partial charge in [-0.25, -0.2) is 0 Å². The van der Waals surface area contributed by atoms with Crippen molar-refractivity contribution >= 4 is 44.2 Å². The number of fused-ring (bicyclic) bond motifs is 1. The van der Waals surface area contributed by atoms with Gasteiger partial charge in [0.25, 0.3) is 0 Å². The first-order valence-corrected chi connectivity index (χ1v) is 16.0. The van der Waals surface area contributed by atoms with Crippen molar-refractivity contribution in [3.8, 4) is 5.75 Å². The van der Waals surface area contributed by atoms with Crippen LogP contribution in [0.15, 0.2) is 87.7 Å². The zero-order valence-electron chi connectivity index (χ0n) is 25.7. The van der Waals surface area contributed by atoms with Crippen molar-refractivity contribution in [3.63, 3.8) is 0 Å². The van der Waals surface area contributed by atoms with Gasteiger partial charge in [0.05, 0.1) is 6.42 Å². The summed E-state index contributed by atoms with van der Waals surface area (Å²) in [6, 6.07) is 20.2. The summed E-state index contributed by atoms with van der Waals surface area (Å²) < 4.78 is 7.41. The molecule has 44 heavy (non-hydrogen) atoms. The van der Waals surface area contributed by atoms with Crippen LogP contribution < -0.4 is 4.74 Å². The van der Waals surface area contributed by atoms with E-state index < -0.39 is 11.9 Å². The molecule has 0 unspecified atom stereocenters. The van der Waals surface area contributed by atoms with Crippen LogP contribution in [0.3, 0.4) is 0 Å². The van der Waals surface area contributed by atoms with Gasteiger partial charge in [0, 0.05) is 57.9 Å². The minimum absolute atomic E-state index is 0.00531. The first-order chi connectivity index (χ1) is 20.8. The van der Waals surface area contributed by atoms with Crippen LogP contribution in [0.25, 0.3) is 10.8 Å². The number of ketones is 2. The molecular formula is C37H38BrNO5. The van der Waals surface area contributed by atoms with Crippen LogP contribution in [-0.4, -0.2) is 34.1 Å². The highest BCUT2D eigenvalue weighted by molar-refractivity contribution is 9.10. The highest BCUT2D eigenvalue weighted by atomic mass is 79.9. The Morgan fingerprint density at radius 3 is 2.14 bits per heavy atom. The van der Waals surface area contributed by atoms with E-state index in [0.29, 0.717) is 49.2 Å². The van der Waals surface area contributed by atoms with Gasteiger partial charge < -0.3 is 14.7 Å². The average Bonchev–Trinajstić information content (AvgIpc) is 2.93. The number of carbonyl (C=O) groups excluding carboxylic acids is 2. The molecule has 2 aliphatic carbocycles. The Morgan fingerprint density at radius 1 is 0.886 bits per heavy atom. The second-order valence-electron chi connectivity index (χ2n) is 13.9. The molecular weight excluding hydrogens is 618 g/mol. The van der Waals surface area contributed by atoms with Gasteiger partial charge in [0.2, 0.25) is 0 Å². The summed E-state index contributed by atoms with van der Waals surface area (Å²) >= 11 is 3.65. The summed E-state index contributed by atoms with van der Waals surface area (Å²) in [5.41, 5.74) is 4.15. The molecule has 7 heteroatoms. The number of halogens is 1. The van der Waals surface area contributed by atoms with Crippen LogP contribution >= 0.6 is 15.9 Å². The number of carbonyl (C=O) groups is 3. The normalized spacial score (nSPS) is 19.7. The van der Waals surface area contributed by atoms with E-state index in [9.17, 15) is 19.5 Å². The van der Waals surface area contributed by atoms with Gasteiger partial charge in [-0.05, 0) is 58.2 Å². The largest absolute Gasteiger partial charge is 0.489 e. The second-order valence-corrected chi connectivity index (χ2v) is 14.9. The van der Waals surface area contributed by atoms with Crippen molar-refractivity contribution in [3.05, 3.63) is 98.8 Å². The summed E-state index contributed by atoms with van der Waals surface area (Å²) in [4.78, 5) is 42.1. The number of hydrogen-bond donors (Lipinski definition) is 1. The zero-order valence-corrected chi connectivity index (χ0v) is 27.3. The van der Waals surface area contributed by atoms with Crippen LogP contribution in [-0.2, 0) is 21.0 Å². The standard InChI is InChI=1S/C37H38BrNO5/c1-36(2)17-27-34(29(40)19-36)33(35-28(39(27)15-14-32(42)43)18-37(3,4)20-30(35)41)26-16-24(38)12-13-31(26)44-21-23-10-7-9-22-8-5-6-11-25(22)23/h5-13,16,33H,14-15,17-21H2,1-4H3,(H,42,43). The Labute approximate surface area is 266 Å². The molecule has 0 saturated heterocycles. The number of ether oxygens (including phenoxy) is 1. The molecule has 3 aliphatic rings. The van der Waals surface area contributed by atoms with Gasteiger partial charge in [-0.2, -0.15) is 0 Å². The van der Waals surface area contributed by atoms with Gasteiger partial charge in [0.1, 0.15) is 12.4 Å². The first-order valence-electron chi connectivity index (χ1n) is 15.2. The number of benzene rings is 3. The van der Waals surface area contributed by atoms with Crippen LogP contribution in [0.2, 0.25) is 0 Å². The molecule has 0 spiro atoms. The molecule has 1 heterocycles. The zero-order chi connectivity index (χ0) is 31.4. The van der Waals surface area contributed by atoms with E-state index >= 15 is 0 Å². The number of allylic oxidation sites excluding steroid dienone is 4. The lowest BCUT2D eigenvalue weighted by atomic mass is 9.63. The Morgan fingerprint density at radius 2 is 1.50 bits per heavy atom. The molecule has 0 saturated carbocycles. The summed E-state index contributed by atoms with van der Waals surface area (Å²) in [6.45, 7) is 8.86. The fourth-order valence-corrected chi connectivity index (χ4v) is 7.67. The van der Waals surface area contributed by atoms with Crippen molar-refractivity contribution in [1.82, 2.24) is 4.90 Å². The highest BCUT2D eigenvalue weighted by Gasteiger charge is 2.49. The van der Waals surface area contributed by atoms with Crippen LogP contribution in [0.4, 0.5) is 0 Å². The smallest absolute Gasteiger partial charge is 0.305 e. The summed E-state index contributed by atoms with van der Waals surface area (Å²) in [5, 5.41) is 11.9. The Bertz CT molecular complexity index is 1710. The predicted octanol–water partition coefficient (Wildman–Crippen LogP) is 8.34. The molecule has 0 radical (unpaired) electrons. The molecule has 3 aromatic carbocycles. The van der Waals surface area contributed by atoms with Crippen LogP contribution in [0.1, 0.15) is 76.8 Å². The first kappa shape index (κ1) is 30.3. The molecule has 1 aliphatic heterocycles. The van der Waals surface area contributed by atoms with Crippen LogP contribution in [0.5, 0.6) is 5.75 Å². The van der Waals surface area contributed by atoms with Gasteiger partial charge in [0.15, 0.2) is 11.6 Å². The Balaban J connectivity index is 1.52. The minimum atomic E-state index is -0.907. The molecule has 0 fully saturated rings. The molecule has 6 rings (SSSR count).